The average Bonchev–Trinajstić information content (AvgIpc) is 2.83. The van der Waals surface area contributed by atoms with Crippen LogP contribution < -0.4 is 5.32 Å². The lowest BCUT2D eigenvalue weighted by Crippen LogP contribution is -2.44. The largest absolute Gasteiger partial charge is 0.345 e. The summed E-state index contributed by atoms with van der Waals surface area (Å²) in [6.07, 6.45) is 0.992. The van der Waals surface area contributed by atoms with Crippen molar-refractivity contribution >= 4 is 27.5 Å². The summed E-state index contributed by atoms with van der Waals surface area (Å²) in [5, 5.41) is 3.76. The topological polar surface area (TPSA) is 66.5 Å². The molecule has 1 saturated heterocycles. The molecule has 0 unspecified atom stereocenters. The van der Waals surface area contributed by atoms with Crippen molar-refractivity contribution in [1.29, 1.82) is 0 Å². The molecular weight excluding hydrogens is 468 g/mol. The predicted molar refractivity (Wildman–Crippen MR) is 136 cm³/mol. The quantitative estimate of drug-likeness (QED) is 0.495. The van der Waals surface area contributed by atoms with Gasteiger partial charge < -0.3 is 5.32 Å². The van der Waals surface area contributed by atoms with E-state index in [1.165, 1.54) is 4.31 Å². The lowest BCUT2D eigenvalue weighted by atomic mass is 9.92. The Hall–Kier alpha value is -2.67. The van der Waals surface area contributed by atoms with Gasteiger partial charge in [0.15, 0.2) is 0 Å². The smallest absolute Gasteiger partial charge is 0.223 e. The monoisotopic (exact) mass is 496 g/mol. The summed E-state index contributed by atoms with van der Waals surface area (Å²) in [4.78, 5) is 13.3. The fourth-order valence-electron chi connectivity index (χ4n) is 4.48. The van der Waals surface area contributed by atoms with Crippen molar-refractivity contribution in [3.8, 4) is 0 Å². The van der Waals surface area contributed by atoms with Crippen LogP contribution in [-0.2, 0) is 20.6 Å². The second-order valence-corrected chi connectivity index (χ2v) is 11.2. The van der Waals surface area contributed by atoms with E-state index in [1.807, 2.05) is 61.5 Å². The molecule has 1 aliphatic rings. The molecule has 4 rings (SSSR count). The van der Waals surface area contributed by atoms with Gasteiger partial charge in [0, 0.05) is 24.0 Å². The van der Waals surface area contributed by atoms with E-state index in [-0.39, 0.29) is 23.6 Å². The van der Waals surface area contributed by atoms with Crippen molar-refractivity contribution in [2.75, 3.05) is 13.1 Å². The summed E-state index contributed by atoms with van der Waals surface area (Å²) >= 11 is 6.00. The molecule has 1 aliphatic heterocycles. The first kappa shape index (κ1) is 24.5. The Bertz CT molecular complexity index is 1240. The number of sulfonamides is 1. The maximum atomic E-state index is 13.3. The molecule has 1 fully saturated rings. The number of rotatable bonds is 7. The average molecular weight is 497 g/mol. The van der Waals surface area contributed by atoms with E-state index in [4.69, 9.17) is 11.6 Å². The second-order valence-electron chi connectivity index (χ2n) is 8.77. The van der Waals surface area contributed by atoms with Crippen LogP contribution in [0.2, 0.25) is 5.02 Å². The highest BCUT2D eigenvalue weighted by molar-refractivity contribution is 7.88. The number of nitrogens with zero attached hydrogens (tertiary/aromatic N) is 1. The minimum atomic E-state index is -3.47. The molecule has 1 heterocycles. The first-order valence-corrected chi connectivity index (χ1v) is 13.5. The maximum Gasteiger partial charge on any atom is 0.223 e. The van der Waals surface area contributed by atoms with Crippen LogP contribution in [0.4, 0.5) is 0 Å². The molecule has 3 aromatic rings. The van der Waals surface area contributed by atoms with Crippen molar-refractivity contribution < 1.29 is 13.2 Å². The van der Waals surface area contributed by atoms with Crippen LogP contribution >= 0.6 is 11.6 Å². The molecule has 0 radical (unpaired) electrons. The van der Waals surface area contributed by atoms with Gasteiger partial charge in [0.2, 0.25) is 15.9 Å². The van der Waals surface area contributed by atoms with Gasteiger partial charge in [0.05, 0.1) is 11.8 Å². The van der Waals surface area contributed by atoms with Crippen molar-refractivity contribution in [3.05, 3.63) is 106 Å². The van der Waals surface area contributed by atoms with E-state index in [0.717, 1.165) is 16.7 Å². The normalized spacial score (nSPS) is 16.2. The predicted octanol–water partition coefficient (Wildman–Crippen LogP) is 5.10. The van der Waals surface area contributed by atoms with E-state index in [9.17, 15) is 13.2 Å². The molecule has 178 valence electrons. The van der Waals surface area contributed by atoms with E-state index in [1.54, 1.807) is 24.3 Å². The highest BCUT2D eigenvalue weighted by Gasteiger charge is 2.32. The lowest BCUT2D eigenvalue weighted by molar-refractivity contribution is -0.126. The number of amides is 1. The Balaban J connectivity index is 1.42. The van der Waals surface area contributed by atoms with Crippen molar-refractivity contribution in [1.82, 2.24) is 9.62 Å². The van der Waals surface area contributed by atoms with Crippen LogP contribution in [0, 0.1) is 12.8 Å². The van der Waals surface area contributed by atoms with Crippen LogP contribution in [0.3, 0.4) is 0 Å². The number of hydrogen-bond donors (Lipinski definition) is 1. The molecule has 34 heavy (non-hydrogen) atoms. The summed E-state index contributed by atoms with van der Waals surface area (Å²) in [5.41, 5.74) is 3.85. The van der Waals surface area contributed by atoms with Gasteiger partial charge in [-0.15, -0.1) is 0 Å². The Morgan fingerprint density at radius 1 is 1.00 bits per heavy atom. The summed E-state index contributed by atoms with van der Waals surface area (Å²) in [5.74, 6) is -0.356. The number of carbonyl (C=O) groups excluding carboxylic acids is 1. The van der Waals surface area contributed by atoms with E-state index in [2.05, 4.69) is 5.32 Å². The zero-order chi connectivity index (χ0) is 24.1. The Morgan fingerprint density at radius 3 is 2.35 bits per heavy atom. The third-order valence-corrected chi connectivity index (χ3v) is 8.46. The molecule has 0 saturated carbocycles. The first-order chi connectivity index (χ1) is 16.3. The van der Waals surface area contributed by atoms with Gasteiger partial charge in [-0.1, -0.05) is 78.3 Å². The summed E-state index contributed by atoms with van der Waals surface area (Å²) in [6, 6.07) is 24.6. The highest BCUT2D eigenvalue weighted by atomic mass is 35.5. The Kier molecular flexibility index (Phi) is 7.71. The third kappa shape index (κ3) is 5.87. The Labute approximate surface area is 206 Å². The molecule has 0 bridgehead atoms. The number of carbonyl (C=O) groups is 1. The van der Waals surface area contributed by atoms with Crippen molar-refractivity contribution in [3.63, 3.8) is 0 Å². The van der Waals surface area contributed by atoms with Crippen LogP contribution in [0.15, 0.2) is 78.9 Å². The number of halogens is 1. The minimum Gasteiger partial charge on any atom is -0.345 e. The molecule has 5 nitrogen and oxygen atoms in total. The molecule has 0 aromatic heterocycles. The van der Waals surface area contributed by atoms with Crippen molar-refractivity contribution in [2.45, 2.75) is 31.6 Å². The van der Waals surface area contributed by atoms with Gasteiger partial charge in [0.25, 0.3) is 0 Å². The van der Waals surface area contributed by atoms with Crippen LogP contribution in [0.1, 0.15) is 41.1 Å². The summed E-state index contributed by atoms with van der Waals surface area (Å²) < 4.78 is 27.3. The third-order valence-electron chi connectivity index (χ3n) is 6.38. The van der Waals surface area contributed by atoms with E-state index in [0.29, 0.717) is 36.5 Å². The molecule has 3 aromatic carbocycles. The van der Waals surface area contributed by atoms with Gasteiger partial charge in [-0.2, -0.15) is 0 Å². The Morgan fingerprint density at radius 2 is 1.68 bits per heavy atom. The summed E-state index contributed by atoms with van der Waals surface area (Å²) in [6.45, 7) is 2.71. The standard InChI is InChI=1S/C27H29ClN2O3S/c1-20-8-5-6-13-25(20)26(22-10-3-2-4-11-22)29-27(31)23-14-16-30(17-15-23)34(32,33)19-21-9-7-12-24(28)18-21/h2-13,18,23,26H,14-17,19H2,1H3,(H,29,31)/t26-/m0/s1. The number of piperidine rings is 1. The fraction of sp³-hybridized carbons (Fsp3) is 0.296. The van der Waals surface area contributed by atoms with Crippen LogP contribution in [-0.4, -0.2) is 31.7 Å². The summed E-state index contributed by atoms with van der Waals surface area (Å²) in [7, 11) is -3.47. The number of aryl methyl sites for hydroxylation is 1. The minimum absolute atomic E-state index is 0.0380. The van der Waals surface area contributed by atoms with E-state index < -0.39 is 10.0 Å². The van der Waals surface area contributed by atoms with Gasteiger partial charge in [-0.3, -0.25) is 4.79 Å². The SMILES string of the molecule is Cc1ccccc1[C@@H](NC(=O)C1CCN(S(=O)(=O)Cc2cccc(Cl)c2)CC1)c1ccccc1. The lowest BCUT2D eigenvalue weighted by Gasteiger charge is -2.32. The van der Waals surface area contributed by atoms with Gasteiger partial charge in [-0.25, -0.2) is 12.7 Å². The zero-order valence-electron chi connectivity index (χ0n) is 19.2. The molecule has 0 spiro atoms. The molecule has 1 N–H and O–H groups in total. The molecular formula is C27H29ClN2O3S. The van der Waals surface area contributed by atoms with Crippen LogP contribution in [0.25, 0.3) is 0 Å². The van der Waals surface area contributed by atoms with Crippen molar-refractivity contribution in [2.24, 2.45) is 5.92 Å². The van der Waals surface area contributed by atoms with Gasteiger partial charge >= 0.3 is 0 Å². The molecule has 7 heteroatoms. The van der Waals surface area contributed by atoms with Crippen LogP contribution in [0.5, 0.6) is 0 Å². The van der Waals surface area contributed by atoms with Gasteiger partial charge in [-0.05, 0) is 54.2 Å². The molecule has 0 aliphatic carbocycles. The number of benzene rings is 3. The zero-order valence-corrected chi connectivity index (χ0v) is 20.7. The highest BCUT2D eigenvalue weighted by Crippen LogP contribution is 2.28. The second kappa shape index (κ2) is 10.7. The van der Waals surface area contributed by atoms with Gasteiger partial charge in [0.1, 0.15) is 0 Å². The number of hydrogen-bond acceptors (Lipinski definition) is 3. The van der Waals surface area contributed by atoms with E-state index >= 15 is 0 Å². The number of nitrogens with one attached hydrogen (secondary N) is 1. The molecule has 1 atom stereocenters. The fourth-order valence-corrected chi connectivity index (χ4v) is 6.25. The first-order valence-electron chi connectivity index (χ1n) is 11.5. The maximum absolute atomic E-state index is 13.3. The molecule has 1 amide bonds.